The van der Waals surface area contributed by atoms with Crippen LogP contribution in [-0.2, 0) is 16.6 Å². The molecule has 1 fully saturated rings. The van der Waals surface area contributed by atoms with Crippen molar-refractivity contribution < 1.29 is 8.42 Å². The lowest BCUT2D eigenvalue weighted by atomic mass is 10.4. The molecule has 1 aliphatic rings. The first-order valence-electron chi connectivity index (χ1n) is 5.86. The van der Waals surface area contributed by atoms with Gasteiger partial charge in [0.15, 0.2) is 0 Å². The van der Waals surface area contributed by atoms with Gasteiger partial charge in [0.2, 0.25) is 0 Å². The smallest absolute Gasteiger partial charge is 0.206 e. The van der Waals surface area contributed by atoms with Gasteiger partial charge in [0.05, 0.1) is 0 Å². The molecule has 0 amide bonds. The molecule has 1 saturated carbocycles. The van der Waals surface area contributed by atoms with Gasteiger partial charge in [-0.15, -0.1) is 22.7 Å². The minimum atomic E-state index is -3.39. The maximum Gasteiger partial charge on any atom is 0.254 e. The Hall–Kier alpha value is -0.210. The average Bonchev–Trinajstić information content (AvgIpc) is 2.88. The molecule has 7 heteroatoms. The van der Waals surface area contributed by atoms with Gasteiger partial charge in [-0.25, -0.2) is 8.42 Å². The van der Waals surface area contributed by atoms with E-state index in [-0.39, 0.29) is 6.04 Å². The number of sulfonamides is 1. The van der Waals surface area contributed by atoms with E-state index in [2.05, 4.69) is 15.9 Å². The Morgan fingerprint density at radius 2 is 2.05 bits per heavy atom. The van der Waals surface area contributed by atoms with E-state index in [0.717, 1.165) is 17.7 Å². The average molecular weight is 378 g/mol. The maximum absolute atomic E-state index is 12.7. The Labute approximate surface area is 129 Å². The van der Waals surface area contributed by atoms with Gasteiger partial charge in [-0.1, -0.05) is 6.07 Å². The van der Waals surface area contributed by atoms with Crippen LogP contribution < -0.4 is 0 Å². The number of thiophene rings is 2. The molecule has 3 rings (SSSR count). The van der Waals surface area contributed by atoms with E-state index in [1.54, 1.807) is 27.1 Å². The molecule has 0 spiro atoms. The van der Waals surface area contributed by atoms with Crippen molar-refractivity contribution >= 4 is 48.6 Å². The van der Waals surface area contributed by atoms with Crippen LogP contribution in [0.4, 0.5) is 0 Å². The monoisotopic (exact) mass is 377 g/mol. The van der Waals surface area contributed by atoms with Gasteiger partial charge in [0, 0.05) is 21.9 Å². The van der Waals surface area contributed by atoms with Crippen molar-refractivity contribution in [3.63, 3.8) is 0 Å². The zero-order chi connectivity index (χ0) is 13.5. The standard InChI is InChI=1S/C12H12BrNO2S3/c13-11-5-7-18-12(11)19(15,16)14(9-3-4-9)8-10-2-1-6-17-10/h1-2,5-7,9H,3-4,8H2. The summed E-state index contributed by atoms with van der Waals surface area (Å²) in [7, 11) is -3.39. The van der Waals surface area contributed by atoms with E-state index in [9.17, 15) is 8.42 Å². The van der Waals surface area contributed by atoms with Gasteiger partial charge >= 0.3 is 0 Å². The van der Waals surface area contributed by atoms with Crippen LogP contribution >= 0.6 is 38.6 Å². The molecule has 2 aromatic rings. The molecule has 1 aliphatic carbocycles. The molecular weight excluding hydrogens is 366 g/mol. The molecule has 0 radical (unpaired) electrons. The molecule has 0 aliphatic heterocycles. The Balaban J connectivity index is 1.94. The van der Waals surface area contributed by atoms with Gasteiger partial charge in [-0.05, 0) is 51.7 Å². The third-order valence-electron chi connectivity index (χ3n) is 2.97. The lowest BCUT2D eigenvalue weighted by molar-refractivity contribution is 0.402. The first-order valence-corrected chi connectivity index (χ1v) is 9.85. The molecule has 2 heterocycles. The molecule has 0 aromatic carbocycles. The summed E-state index contributed by atoms with van der Waals surface area (Å²) in [6.45, 7) is 0.481. The largest absolute Gasteiger partial charge is 0.254 e. The number of halogens is 1. The van der Waals surface area contributed by atoms with E-state index < -0.39 is 10.0 Å². The fourth-order valence-electron chi connectivity index (χ4n) is 1.90. The van der Waals surface area contributed by atoms with E-state index in [4.69, 9.17) is 0 Å². The van der Waals surface area contributed by atoms with Crippen molar-refractivity contribution in [2.75, 3.05) is 0 Å². The van der Waals surface area contributed by atoms with Crippen LogP contribution in [0.15, 0.2) is 37.6 Å². The minimum Gasteiger partial charge on any atom is -0.206 e. The van der Waals surface area contributed by atoms with Crippen LogP contribution in [0.3, 0.4) is 0 Å². The number of hydrogen-bond donors (Lipinski definition) is 0. The summed E-state index contributed by atoms with van der Waals surface area (Å²) in [5, 5.41) is 3.78. The van der Waals surface area contributed by atoms with Crippen molar-refractivity contribution in [1.82, 2.24) is 4.31 Å². The minimum absolute atomic E-state index is 0.168. The molecule has 0 saturated heterocycles. The summed E-state index contributed by atoms with van der Waals surface area (Å²) >= 11 is 6.19. The van der Waals surface area contributed by atoms with E-state index in [0.29, 0.717) is 15.2 Å². The predicted octanol–water partition coefficient (Wildman–Crippen LogP) is 3.93. The van der Waals surface area contributed by atoms with Gasteiger partial charge in [-0.3, -0.25) is 0 Å². The summed E-state index contributed by atoms with van der Waals surface area (Å²) in [5.41, 5.74) is 0. The van der Waals surface area contributed by atoms with Crippen molar-refractivity contribution in [1.29, 1.82) is 0 Å². The summed E-state index contributed by atoms with van der Waals surface area (Å²) in [6.07, 6.45) is 1.93. The highest BCUT2D eigenvalue weighted by Crippen LogP contribution is 2.38. The van der Waals surface area contributed by atoms with Crippen molar-refractivity contribution in [2.45, 2.75) is 29.6 Å². The lowest BCUT2D eigenvalue weighted by Crippen LogP contribution is -2.32. The fraction of sp³-hybridized carbons (Fsp3) is 0.333. The van der Waals surface area contributed by atoms with Gasteiger partial charge in [0.1, 0.15) is 4.21 Å². The Bertz CT molecular complexity index is 659. The van der Waals surface area contributed by atoms with Crippen LogP contribution in [-0.4, -0.2) is 18.8 Å². The summed E-state index contributed by atoms with van der Waals surface area (Å²) in [4.78, 5) is 1.09. The number of hydrogen-bond acceptors (Lipinski definition) is 4. The lowest BCUT2D eigenvalue weighted by Gasteiger charge is -2.20. The van der Waals surface area contributed by atoms with Crippen LogP contribution in [0.5, 0.6) is 0 Å². The van der Waals surface area contributed by atoms with Crippen molar-refractivity contribution in [3.8, 4) is 0 Å². The molecule has 102 valence electrons. The highest BCUT2D eigenvalue weighted by Gasteiger charge is 2.39. The summed E-state index contributed by atoms with van der Waals surface area (Å²) < 4.78 is 28.2. The Kier molecular flexibility index (Phi) is 3.83. The van der Waals surface area contributed by atoms with E-state index in [1.807, 2.05) is 17.5 Å². The highest BCUT2D eigenvalue weighted by molar-refractivity contribution is 9.10. The maximum atomic E-state index is 12.7. The normalized spacial score (nSPS) is 16.1. The Morgan fingerprint density at radius 1 is 1.26 bits per heavy atom. The molecule has 0 atom stereocenters. The predicted molar refractivity (Wildman–Crippen MR) is 82.1 cm³/mol. The second kappa shape index (κ2) is 5.29. The number of rotatable bonds is 5. The van der Waals surface area contributed by atoms with Gasteiger partial charge < -0.3 is 0 Å². The number of nitrogens with zero attached hydrogens (tertiary/aromatic N) is 1. The SMILES string of the molecule is O=S(=O)(c1sccc1Br)N(Cc1cccs1)C1CC1. The van der Waals surface area contributed by atoms with Gasteiger partial charge in [0.25, 0.3) is 10.0 Å². The third-order valence-corrected chi connectivity index (χ3v) is 8.38. The zero-order valence-electron chi connectivity index (χ0n) is 9.95. The molecular formula is C12H12BrNO2S3. The first kappa shape index (κ1) is 13.8. The summed E-state index contributed by atoms with van der Waals surface area (Å²) in [5.74, 6) is 0. The third kappa shape index (κ3) is 2.80. The molecule has 0 bridgehead atoms. The topological polar surface area (TPSA) is 37.4 Å². The van der Waals surface area contributed by atoms with Crippen molar-refractivity contribution in [3.05, 3.63) is 38.3 Å². The second-order valence-electron chi connectivity index (χ2n) is 4.42. The summed E-state index contributed by atoms with van der Waals surface area (Å²) in [6, 6.07) is 5.90. The van der Waals surface area contributed by atoms with Crippen LogP contribution in [0.1, 0.15) is 17.7 Å². The molecule has 0 N–H and O–H groups in total. The Morgan fingerprint density at radius 3 is 2.58 bits per heavy atom. The van der Waals surface area contributed by atoms with Crippen LogP contribution in [0, 0.1) is 0 Å². The zero-order valence-corrected chi connectivity index (χ0v) is 14.0. The van der Waals surface area contributed by atoms with E-state index in [1.165, 1.54) is 11.3 Å². The van der Waals surface area contributed by atoms with E-state index >= 15 is 0 Å². The molecule has 19 heavy (non-hydrogen) atoms. The first-order chi connectivity index (χ1) is 9.09. The van der Waals surface area contributed by atoms with Crippen LogP contribution in [0.25, 0.3) is 0 Å². The quantitative estimate of drug-likeness (QED) is 0.791. The molecule has 2 aromatic heterocycles. The fourth-order valence-corrected chi connectivity index (χ4v) is 6.77. The molecule has 0 unspecified atom stereocenters. The van der Waals surface area contributed by atoms with Crippen LogP contribution in [0.2, 0.25) is 0 Å². The second-order valence-corrected chi connectivity index (χ2v) is 9.31. The van der Waals surface area contributed by atoms with Crippen molar-refractivity contribution in [2.24, 2.45) is 0 Å². The van der Waals surface area contributed by atoms with Gasteiger partial charge in [-0.2, -0.15) is 4.31 Å². The molecule has 3 nitrogen and oxygen atoms in total. The highest BCUT2D eigenvalue weighted by atomic mass is 79.9.